The molecule has 2 N–H and O–H groups in total. The lowest BCUT2D eigenvalue weighted by atomic mass is 10.1. The number of nitrogens with zero attached hydrogens (tertiary/aromatic N) is 1. The summed E-state index contributed by atoms with van der Waals surface area (Å²) in [6, 6.07) is 4.45. The Morgan fingerprint density at radius 2 is 2.16 bits per heavy atom. The standard InChI is InChI=1S/C9H12N2O.C2HF3O2/c1-7-2-3-8(6-10-7)9-4-5-12-11-9;3-2(4,5)1(6)7/h2-3,6,9,11H,4-5H2,1H3;(H,6,7)/t9-;/m0./s1. The summed E-state index contributed by atoms with van der Waals surface area (Å²) in [5.74, 6) is -2.76. The van der Waals surface area contributed by atoms with Crippen LogP contribution < -0.4 is 5.48 Å². The first-order valence-electron chi connectivity index (χ1n) is 5.40. The molecule has 1 fully saturated rings. The molecule has 0 aromatic carbocycles. The molecule has 1 aliphatic heterocycles. The number of carboxylic acid groups (broad SMARTS) is 1. The van der Waals surface area contributed by atoms with Gasteiger partial charge in [0.2, 0.25) is 0 Å². The van der Waals surface area contributed by atoms with Gasteiger partial charge in [-0.2, -0.15) is 18.7 Å². The molecule has 8 heteroatoms. The van der Waals surface area contributed by atoms with Crippen LogP contribution in [0, 0.1) is 6.92 Å². The van der Waals surface area contributed by atoms with E-state index in [1.807, 2.05) is 19.2 Å². The molecule has 19 heavy (non-hydrogen) atoms. The number of nitrogens with one attached hydrogen (secondary N) is 1. The van der Waals surface area contributed by atoms with Gasteiger partial charge in [0.05, 0.1) is 12.6 Å². The number of aryl methyl sites for hydroxylation is 1. The van der Waals surface area contributed by atoms with E-state index in [-0.39, 0.29) is 0 Å². The molecule has 1 aliphatic rings. The normalized spacial score (nSPS) is 18.6. The summed E-state index contributed by atoms with van der Waals surface area (Å²) >= 11 is 0. The van der Waals surface area contributed by atoms with Crippen LogP contribution in [0.1, 0.15) is 23.7 Å². The molecule has 2 heterocycles. The van der Waals surface area contributed by atoms with Crippen molar-refractivity contribution in [2.45, 2.75) is 25.6 Å². The van der Waals surface area contributed by atoms with Crippen molar-refractivity contribution in [2.24, 2.45) is 0 Å². The maximum atomic E-state index is 10.6. The quantitative estimate of drug-likeness (QED) is 0.822. The Morgan fingerprint density at radius 3 is 2.53 bits per heavy atom. The average molecular weight is 278 g/mol. The molecule has 0 radical (unpaired) electrons. The monoisotopic (exact) mass is 278 g/mol. The number of halogens is 3. The molecule has 0 bridgehead atoms. The van der Waals surface area contributed by atoms with E-state index < -0.39 is 12.1 Å². The van der Waals surface area contributed by atoms with Gasteiger partial charge in [0.25, 0.3) is 0 Å². The zero-order chi connectivity index (χ0) is 14.5. The number of carbonyl (C=O) groups is 1. The van der Waals surface area contributed by atoms with Gasteiger partial charge >= 0.3 is 12.1 Å². The number of carboxylic acids is 1. The molecular weight excluding hydrogens is 265 g/mol. The Bertz CT molecular complexity index is 414. The lowest BCUT2D eigenvalue weighted by Crippen LogP contribution is -2.21. The van der Waals surface area contributed by atoms with Gasteiger partial charge in [-0.05, 0) is 25.0 Å². The second-order valence-electron chi connectivity index (χ2n) is 3.84. The van der Waals surface area contributed by atoms with Crippen molar-refractivity contribution in [2.75, 3.05) is 6.61 Å². The molecule has 0 saturated carbocycles. The number of aromatic nitrogens is 1. The highest BCUT2D eigenvalue weighted by Crippen LogP contribution is 2.19. The molecular formula is C11H13F3N2O3. The Morgan fingerprint density at radius 1 is 1.53 bits per heavy atom. The van der Waals surface area contributed by atoms with Crippen LogP contribution in [0.15, 0.2) is 18.3 Å². The summed E-state index contributed by atoms with van der Waals surface area (Å²) in [5, 5.41) is 7.12. The minimum Gasteiger partial charge on any atom is -0.475 e. The highest BCUT2D eigenvalue weighted by atomic mass is 19.4. The van der Waals surface area contributed by atoms with Crippen molar-refractivity contribution in [1.29, 1.82) is 0 Å². The Hall–Kier alpha value is -1.67. The second-order valence-corrected chi connectivity index (χ2v) is 3.84. The molecule has 5 nitrogen and oxygen atoms in total. The summed E-state index contributed by atoms with van der Waals surface area (Å²) in [5.41, 5.74) is 5.21. The second kappa shape index (κ2) is 6.48. The van der Waals surface area contributed by atoms with E-state index in [0.29, 0.717) is 6.04 Å². The van der Waals surface area contributed by atoms with E-state index >= 15 is 0 Å². The predicted molar refractivity (Wildman–Crippen MR) is 59.1 cm³/mol. The number of hydroxylamine groups is 1. The van der Waals surface area contributed by atoms with Gasteiger partial charge in [-0.3, -0.25) is 4.98 Å². The first-order chi connectivity index (χ1) is 8.80. The van der Waals surface area contributed by atoms with Gasteiger partial charge in [0.15, 0.2) is 0 Å². The molecule has 0 unspecified atom stereocenters. The smallest absolute Gasteiger partial charge is 0.475 e. The van der Waals surface area contributed by atoms with Gasteiger partial charge < -0.3 is 9.94 Å². The van der Waals surface area contributed by atoms with E-state index in [1.54, 1.807) is 0 Å². The van der Waals surface area contributed by atoms with E-state index in [2.05, 4.69) is 16.5 Å². The largest absolute Gasteiger partial charge is 0.490 e. The van der Waals surface area contributed by atoms with Gasteiger partial charge in [-0.25, -0.2) is 4.79 Å². The first-order valence-corrected chi connectivity index (χ1v) is 5.40. The third-order valence-electron chi connectivity index (χ3n) is 2.31. The van der Waals surface area contributed by atoms with Crippen molar-refractivity contribution in [1.82, 2.24) is 10.5 Å². The van der Waals surface area contributed by atoms with Crippen molar-refractivity contribution >= 4 is 5.97 Å². The highest BCUT2D eigenvalue weighted by Gasteiger charge is 2.38. The van der Waals surface area contributed by atoms with Crippen LogP contribution in [0.3, 0.4) is 0 Å². The lowest BCUT2D eigenvalue weighted by Gasteiger charge is -2.07. The molecule has 0 aliphatic carbocycles. The average Bonchev–Trinajstić information content (AvgIpc) is 2.83. The van der Waals surface area contributed by atoms with Crippen LogP contribution in [-0.4, -0.2) is 28.8 Å². The van der Waals surface area contributed by atoms with Crippen LogP contribution in [-0.2, 0) is 9.63 Å². The van der Waals surface area contributed by atoms with Crippen LogP contribution in [0.25, 0.3) is 0 Å². The predicted octanol–water partition coefficient (Wildman–Crippen LogP) is 1.99. The fourth-order valence-corrected chi connectivity index (χ4v) is 1.32. The number of hydrogen-bond acceptors (Lipinski definition) is 4. The fourth-order valence-electron chi connectivity index (χ4n) is 1.32. The molecule has 0 amide bonds. The summed E-state index contributed by atoms with van der Waals surface area (Å²) in [6.45, 7) is 2.78. The Labute approximate surface area is 107 Å². The zero-order valence-corrected chi connectivity index (χ0v) is 10.1. The Kier molecular flexibility index (Phi) is 5.25. The van der Waals surface area contributed by atoms with Crippen LogP contribution >= 0.6 is 0 Å². The SMILES string of the molecule is Cc1ccc([C@@H]2CCON2)cn1.O=C(O)C(F)(F)F. The number of aliphatic carboxylic acids is 1. The minimum absolute atomic E-state index is 0.332. The zero-order valence-electron chi connectivity index (χ0n) is 10.1. The van der Waals surface area contributed by atoms with Gasteiger partial charge in [0, 0.05) is 11.9 Å². The summed E-state index contributed by atoms with van der Waals surface area (Å²) in [7, 11) is 0. The molecule has 106 valence electrons. The van der Waals surface area contributed by atoms with Crippen molar-refractivity contribution < 1.29 is 27.9 Å². The van der Waals surface area contributed by atoms with E-state index in [4.69, 9.17) is 14.7 Å². The summed E-state index contributed by atoms with van der Waals surface area (Å²) in [6.07, 6.45) is -2.15. The minimum atomic E-state index is -5.08. The molecule has 1 saturated heterocycles. The maximum Gasteiger partial charge on any atom is 0.490 e. The topological polar surface area (TPSA) is 71.5 Å². The third-order valence-corrected chi connectivity index (χ3v) is 2.31. The summed E-state index contributed by atoms with van der Waals surface area (Å²) in [4.78, 5) is 18.2. The van der Waals surface area contributed by atoms with Crippen LogP contribution in [0.5, 0.6) is 0 Å². The van der Waals surface area contributed by atoms with E-state index in [9.17, 15) is 13.2 Å². The third kappa shape index (κ3) is 5.23. The number of pyridine rings is 1. The molecule has 1 aromatic heterocycles. The summed E-state index contributed by atoms with van der Waals surface area (Å²) < 4.78 is 31.7. The van der Waals surface area contributed by atoms with Crippen molar-refractivity contribution in [3.05, 3.63) is 29.6 Å². The Balaban J connectivity index is 0.000000224. The molecule has 1 aromatic rings. The molecule has 2 rings (SSSR count). The first kappa shape index (κ1) is 15.4. The van der Waals surface area contributed by atoms with E-state index in [1.165, 1.54) is 5.56 Å². The number of hydrogen-bond donors (Lipinski definition) is 2. The van der Waals surface area contributed by atoms with Gasteiger partial charge in [-0.15, -0.1) is 0 Å². The molecule has 1 atom stereocenters. The highest BCUT2D eigenvalue weighted by molar-refractivity contribution is 5.73. The van der Waals surface area contributed by atoms with Gasteiger partial charge in [0.1, 0.15) is 0 Å². The maximum absolute atomic E-state index is 10.6. The van der Waals surface area contributed by atoms with Crippen molar-refractivity contribution in [3.8, 4) is 0 Å². The number of alkyl halides is 3. The molecule has 0 spiro atoms. The van der Waals surface area contributed by atoms with Crippen LogP contribution in [0.4, 0.5) is 13.2 Å². The number of rotatable bonds is 1. The van der Waals surface area contributed by atoms with Crippen molar-refractivity contribution in [3.63, 3.8) is 0 Å². The lowest BCUT2D eigenvalue weighted by molar-refractivity contribution is -0.192. The van der Waals surface area contributed by atoms with Crippen LogP contribution in [0.2, 0.25) is 0 Å². The fraction of sp³-hybridized carbons (Fsp3) is 0.455. The van der Waals surface area contributed by atoms with E-state index in [0.717, 1.165) is 18.7 Å². The van der Waals surface area contributed by atoms with Gasteiger partial charge in [-0.1, -0.05) is 6.07 Å².